The second-order valence-electron chi connectivity index (χ2n) is 6.50. The summed E-state index contributed by atoms with van der Waals surface area (Å²) in [5, 5.41) is 7.19. The van der Waals surface area contributed by atoms with Crippen LogP contribution in [0.5, 0.6) is 5.75 Å². The lowest BCUT2D eigenvalue weighted by atomic mass is 10.1. The van der Waals surface area contributed by atoms with E-state index >= 15 is 0 Å². The number of amides is 1. The lowest BCUT2D eigenvalue weighted by Gasteiger charge is -2.10. The predicted octanol–water partition coefficient (Wildman–Crippen LogP) is 4.50. The Kier molecular flexibility index (Phi) is 5.33. The molecule has 6 nitrogen and oxygen atoms in total. The van der Waals surface area contributed by atoms with Crippen molar-refractivity contribution in [2.75, 3.05) is 17.7 Å². The van der Waals surface area contributed by atoms with E-state index < -0.39 is 0 Å². The first kappa shape index (κ1) is 18.4. The van der Waals surface area contributed by atoms with Gasteiger partial charge in [0.15, 0.2) is 0 Å². The SMILES string of the molecule is COc1ccc(CNc2cncc(C(=O)Nc3cccc4cccnc34)c2)cc1. The van der Waals surface area contributed by atoms with Crippen LogP contribution in [0.3, 0.4) is 0 Å². The summed E-state index contributed by atoms with van der Waals surface area (Å²) in [6, 6.07) is 19.1. The number of pyridine rings is 2. The molecular weight excluding hydrogens is 364 g/mol. The summed E-state index contributed by atoms with van der Waals surface area (Å²) >= 11 is 0. The number of hydrogen-bond acceptors (Lipinski definition) is 5. The molecule has 0 saturated heterocycles. The van der Waals surface area contributed by atoms with Gasteiger partial charge in [0, 0.05) is 30.5 Å². The van der Waals surface area contributed by atoms with E-state index in [-0.39, 0.29) is 5.91 Å². The third-order valence-electron chi connectivity index (χ3n) is 4.54. The van der Waals surface area contributed by atoms with Crippen molar-refractivity contribution in [3.8, 4) is 5.75 Å². The highest BCUT2D eigenvalue weighted by atomic mass is 16.5. The van der Waals surface area contributed by atoms with E-state index in [1.165, 1.54) is 0 Å². The van der Waals surface area contributed by atoms with Gasteiger partial charge in [-0.3, -0.25) is 14.8 Å². The molecule has 0 atom stereocenters. The zero-order chi connectivity index (χ0) is 20.1. The average Bonchev–Trinajstić information content (AvgIpc) is 2.78. The number of carbonyl (C=O) groups excluding carboxylic acids is 1. The van der Waals surface area contributed by atoms with Gasteiger partial charge in [0.1, 0.15) is 5.75 Å². The van der Waals surface area contributed by atoms with Crippen molar-refractivity contribution in [1.29, 1.82) is 0 Å². The normalized spacial score (nSPS) is 10.5. The minimum Gasteiger partial charge on any atom is -0.497 e. The number of nitrogens with one attached hydrogen (secondary N) is 2. The molecule has 0 fully saturated rings. The summed E-state index contributed by atoms with van der Waals surface area (Å²) in [5.41, 5.74) is 3.76. The maximum atomic E-state index is 12.7. The summed E-state index contributed by atoms with van der Waals surface area (Å²) < 4.78 is 5.17. The van der Waals surface area contributed by atoms with E-state index in [1.54, 1.807) is 31.8 Å². The molecule has 0 bridgehead atoms. The fraction of sp³-hybridized carbons (Fsp3) is 0.0870. The number of aromatic nitrogens is 2. The molecule has 1 amide bonds. The Balaban J connectivity index is 1.46. The molecule has 29 heavy (non-hydrogen) atoms. The van der Waals surface area contributed by atoms with Gasteiger partial charge in [-0.25, -0.2) is 0 Å². The van der Waals surface area contributed by atoms with Gasteiger partial charge in [-0.2, -0.15) is 0 Å². The predicted molar refractivity (Wildman–Crippen MR) is 114 cm³/mol. The quantitative estimate of drug-likeness (QED) is 0.512. The fourth-order valence-electron chi connectivity index (χ4n) is 3.01. The van der Waals surface area contributed by atoms with Gasteiger partial charge < -0.3 is 15.4 Å². The molecule has 0 saturated carbocycles. The molecule has 0 aliphatic heterocycles. The van der Waals surface area contributed by atoms with Crippen LogP contribution in [0.1, 0.15) is 15.9 Å². The first-order valence-corrected chi connectivity index (χ1v) is 9.20. The van der Waals surface area contributed by atoms with Gasteiger partial charge in [-0.1, -0.05) is 30.3 Å². The zero-order valence-corrected chi connectivity index (χ0v) is 15.9. The van der Waals surface area contributed by atoms with Crippen LogP contribution in [-0.4, -0.2) is 23.0 Å². The van der Waals surface area contributed by atoms with E-state index in [0.717, 1.165) is 27.9 Å². The molecule has 0 radical (unpaired) electrons. The van der Waals surface area contributed by atoms with Crippen LogP contribution in [-0.2, 0) is 6.54 Å². The van der Waals surface area contributed by atoms with Crippen molar-refractivity contribution >= 4 is 28.2 Å². The Morgan fingerprint density at radius 2 is 1.86 bits per heavy atom. The molecule has 4 aromatic rings. The number of rotatable bonds is 6. The van der Waals surface area contributed by atoms with Crippen molar-refractivity contribution in [3.63, 3.8) is 0 Å². The standard InChI is InChI=1S/C23H20N4O2/c1-29-20-9-7-16(8-10-20)13-26-19-12-18(14-24-15-19)23(28)27-21-6-2-4-17-5-3-11-25-22(17)21/h2-12,14-15,26H,13H2,1H3,(H,27,28). The van der Waals surface area contributed by atoms with Crippen LogP contribution in [0, 0.1) is 0 Å². The van der Waals surface area contributed by atoms with Crippen molar-refractivity contribution in [2.24, 2.45) is 0 Å². The van der Waals surface area contributed by atoms with Crippen LogP contribution >= 0.6 is 0 Å². The molecule has 144 valence electrons. The van der Waals surface area contributed by atoms with Gasteiger partial charge in [0.05, 0.1) is 29.6 Å². The molecule has 2 heterocycles. The molecule has 2 N–H and O–H groups in total. The summed E-state index contributed by atoms with van der Waals surface area (Å²) in [4.78, 5) is 21.3. The van der Waals surface area contributed by atoms with Crippen LogP contribution < -0.4 is 15.4 Å². The number of hydrogen-bond donors (Lipinski definition) is 2. The number of ether oxygens (including phenoxy) is 1. The van der Waals surface area contributed by atoms with Crippen LogP contribution in [0.15, 0.2) is 79.3 Å². The molecule has 2 aromatic heterocycles. The lowest BCUT2D eigenvalue weighted by Crippen LogP contribution is -2.13. The van der Waals surface area contributed by atoms with Crippen LogP contribution in [0.25, 0.3) is 10.9 Å². The second-order valence-corrected chi connectivity index (χ2v) is 6.50. The van der Waals surface area contributed by atoms with Gasteiger partial charge in [0.25, 0.3) is 5.91 Å². The fourth-order valence-corrected chi connectivity index (χ4v) is 3.01. The number of carbonyl (C=O) groups is 1. The van der Waals surface area contributed by atoms with Crippen LogP contribution in [0.4, 0.5) is 11.4 Å². The molecular formula is C23H20N4O2. The van der Waals surface area contributed by atoms with Gasteiger partial charge in [0.2, 0.25) is 0 Å². The minimum absolute atomic E-state index is 0.233. The number of fused-ring (bicyclic) bond motifs is 1. The number of methoxy groups -OCH3 is 1. The molecule has 0 aliphatic carbocycles. The number of nitrogens with zero attached hydrogens (tertiary/aromatic N) is 2. The summed E-state index contributed by atoms with van der Waals surface area (Å²) in [6.07, 6.45) is 4.95. The van der Waals surface area contributed by atoms with Crippen molar-refractivity contribution < 1.29 is 9.53 Å². The first-order valence-electron chi connectivity index (χ1n) is 9.20. The summed E-state index contributed by atoms with van der Waals surface area (Å²) in [6.45, 7) is 0.615. The highest BCUT2D eigenvalue weighted by Crippen LogP contribution is 2.22. The van der Waals surface area contributed by atoms with Crippen molar-refractivity contribution in [3.05, 3.63) is 90.4 Å². The monoisotopic (exact) mass is 384 g/mol. The maximum Gasteiger partial charge on any atom is 0.257 e. The molecule has 2 aromatic carbocycles. The largest absolute Gasteiger partial charge is 0.497 e. The zero-order valence-electron chi connectivity index (χ0n) is 15.9. The molecule has 0 spiro atoms. The van der Waals surface area contributed by atoms with Gasteiger partial charge >= 0.3 is 0 Å². The second kappa shape index (κ2) is 8.39. The van der Waals surface area contributed by atoms with E-state index in [1.807, 2.05) is 54.6 Å². The van der Waals surface area contributed by atoms with E-state index in [0.29, 0.717) is 17.8 Å². The Labute approximate surface area is 168 Å². The average molecular weight is 384 g/mol. The Bertz CT molecular complexity index is 1140. The topological polar surface area (TPSA) is 76.1 Å². The van der Waals surface area contributed by atoms with E-state index in [9.17, 15) is 4.79 Å². The Morgan fingerprint density at radius 1 is 1.03 bits per heavy atom. The Hall–Kier alpha value is -3.93. The molecule has 4 rings (SSSR count). The molecule has 0 aliphatic rings. The van der Waals surface area contributed by atoms with Crippen LogP contribution in [0.2, 0.25) is 0 Å². The third-order valence-corrected chi connectivity index (χ3v) is 4.54. The smallest absolute Gasteiger partial charge is 0.257 e. The Morgan fingerprint density at radius 3 is 2.69 bits per heavy atom. The first-order chi connectivity index (χ1) is 14.2. The lowest BCUT2D eigenvalue weighted by molar-refractivity contribution is 0.102. The maximum absolute atomic E-state index is 12.7. The summed E-state index contributed by atoms with van der Waals surface area (Å²) in [5.74, 6) is 0.584. The highest BCUT2D eigenvalue weighted by molar-refractivity contribution is 6.08. The highest BCUT2D eigenvalue weighted by Gasteiger charge is 2.10. The van der Waals surface area contributed by atoms with Gasteiger partial charge in [-0.15, -0.1) is 0 Å². The number of benzene rings is 2. The van der Waals surface area contributed by atoms with Crippen molar-refractivity contribution in [2.45, 2.75) is 6.54 Å². The van der Waals surface area contributed by atoms with Gasteiger partial charge in [-0.05, 0) is 35.9 Å². The summed E-state index contributed by atoms with van der Waals surface area (Å²) in [7, 11) is 1.64. The third kappa shape index (κ3) is 4.32. The number of para-hydroxylation sites is 1. The minimum atomic E-state index is -0.233. The molecule has 6 heteroatoms. The molecule has 0 unspecified atom stereocenters. The van der Waals surface area contributed by atoms with E-state index in [2.05, 4.69) is 20.6 Å². The van der Waals surface area contributed by atoms with Crippen molar-refractivity contribution in [1.82, 2.24) is 9.97 Å². The number of anilines is 2. The van der Waals surface area contributed by atoms with E-state index in [4.69, 9.17) is 4.74 Å².